The van der Waals surface area contributed by atoms with Crippen LogP contribution < -0.4 is 10.1 Å². The number of nitrogens with one attached hydrogen (secondary N) is 2. The lowest BCUT2D eigenvalue weighted by atomic mass is 9.98. The zero-order valence-corrected chi connectivity index (χ0v) is 20.7. The predicted octanol–water partition coefficient (Wildman–Crippen LogP) is 5.03. The van der Waals surface area contributed by atoms with E-state index >= 15 is 0 Å². The van der Waals surface area contributed by atoms with Gasteiger partial charge in [-0.2, -0.15) is 5.10 Å². The molecule has 7 nitrogen and oxygen atoms in total. The van der Waals surface area contributed by atoms with Gasteiger partial charge in [-0.1, -0.05) is 30.3 Å². The summed E-state index contributed by atoms with van der Waals surface area (Å²) in [5.74, 6) is 1.27. The van der Waals surface area contributed by atoms with Crippen molar-refractivity contribution in [3.8, 4) is 17.0 Å². The highest BCUT2D eigenvalue weighted by atomic mass is 16.5. The molecular weight excluding hydrogens is 452 g/mol. The van der Waals surface area contributed by atoms with Crippen LogP contribution in [0.3, 0.4) is 0 Å². The van der Waals surface area contributed by atoms with Crippen molar-refractivity contribution in [3.63, 3.8) is 0 Å². The quantitative estimate of drug-likeness (QED) is 0.343. The molecule has 2 N–H and O–H groups in total. The predicted molar refractivity (Wildman–Crippen MR) is 141 cm³/mol. The molecule has 1 aliphatic rings. The average molecular weight is 485 g/mol. The van der Waals surface area contributed by atoms with Crippen LogP contribution in [0.1, 0.15) is 35.0 Å². The highest BCUT2D eigenvalue weighted by Gasteiger charge is 2.18. The van der Waals surface area contributed by atoms with Crippen LogP contribution in [0.25, 0.3) is 22.2 Å². The van der Waals surface area contributed by atoms with Gasteiger partial charge in [0.15, 0.2) is 6.23 Å². The summed E-state index contributed by atoms with van der Waals surface area (Å²) in [5, 5.41) is 11.4. The van der Waals surface area contributed by atoms with Crippen LogP contribution >= 0.6 is 0 Å². The zero-order valence-electron chi connectivity index (χ0n) is 20.7. The number of H-pyrrole nitrogens is 1. The summed E-state index contributed by atoms with van der Waals surface area (Å²) < 4.78 is 11.6. The first-order valence-corrected chi connectivity index (χ1v) is 12.4. The van der Waals surface area contributed by atoms with Gasteiger partial charge in [0.2, 0.25) is 0 Å². The van der Waals surface area contributed by atoms with Gasteiger partial charge in [-0.05, 0) is 81.4 Å². The lowest BCUT2D eigenvalue weighted by Gasteiger charge is -2.28. The maximum Gasteiger partial charge on any atom is 0.253 e. The van der Waals surface area contributed by atoms with E-state index in [1.54, 1.807) is 13.2 Å². The molecule has 1 aromatic heterocycles. The van der Waals surface area contributed by atoms with Crippen molar-refractivity contribution < 1.29 is 14.3 Å². The molecule has 0 spiro atoms. The Bertz CT molecular complexity index is 1300. The van der Waals surface area contributed by atoms with Crippen LogP contribution in [-0.2, 0) is 4.74 Å². The number of hydrogen-bond acceptors (Lipinski definition) is 5. The van der Waals surface area contributed by atoms with Crippen molar-refractivity contribution in [2.45, 2.75) is 19.1 Å². The van der Waals surface area contributed by atoms with Gasteiger partial charge in [0.25, 0.3) is 5.91 Å². The molecule has 7 heteroatoms. The molecule has 1 atom stereocenters. The first-order valence-electron chi connectivity index (χ1n) is 12.4. The van der Waals surface area contributed by atoms with E-state index in [2.05, 4.69) is 27.5 Å². The summed E-state index contributed by atoms with van der Waals surface area (Å²) in [4.78, 5) is 15.4. The van der Waals surface area contributed by atoms with Gasteiger partial charge in [-0.15, -0.1) is 0 Å². The summed E-state index contributed by atoms with van der Waals surface area (Å²) in [6.45, 7) is 3.03. The van der Waals surface area contributed by atoms with Crippen LogP contribution in [0, 0.1) is 5.92 Å². The lowest BCUT2D eigenvalue weighted by molar-refractivity contribution is 0.0575. The first-order chi connectivity index (χ1) is 17.6. The molecular formula is C29H32N4O3. The monoisotopic (exact) mass is 484 g/mol. The molecule has 0 bridgehead atoms. The molecule has 1 amide bonds. The Kier molecular flexibility index (Phi) is 7.30. The number of aromatic nitrogens is 2. The molecule has 1 saturated heterocycles. The Morgan fingerprint density at radius 3 is 2.56 bits per heavy atom. The van der Waals surface area contributed by atoms with E-state index in [1.165, 1.54) is 12.8 Å². The third-order valence-corrected chi connectivity index (χ3v) is 6.88. The number of carbonyl (C=O) groups is 1. The normalized spacial score (nSPS) is 15.6. The van der Waals surface area contributed by atoms with Crippen molar-refractivity contribution >= 4 is 16.8 Å². The van der Waals surface area contributed by atoms with Gasteiger partial charge in [0, 0.05) is 29.2 Å². The van der Waals surface area contributed by atoms with E-state index in [4.69, 9.17) is 9.47 Å². The van der Waals surface area contributed by atoms with E-state index in [-0.39, 0.29) is 5.91 Å². The Morgan fingerprint density at radius 1 is 1.08 bits per heavy atom. The number of amides is 1. The highest BCUT2D eigenvalue weighted by molar-refractivity contribution is 6.01. The van der Waals surface area contributed by atoms with Crippen LogP contribution in [0.5, 0.6) is 5.75 Å². The van der Waals surface area contributed by atoms with Crippen molar-refractivity contribution in [1.29, 1.82) is 0 Å². The lowest BCUT2D eigenvalue weighted by Crippen LogP contribution is -2.32. The Balaban J connectivity index is 1.29. The topological polar surface area (TPSA) is 79.5 Å². The fourth-order valence-corrected chi connectivity index (χ4v) is 4.64. The minimum Gasteiger partial charge on any atom is -0.493 e. The van der Waals surface area contributed by atoms with Gasteiger partial charge < -0.3 is 19.7 Å². The van der Waals surface area contributed by atoms with E-state index in [0.717, 1.165) is 53.2 Å². The Hall–Kier alpha value is -3.68. The molecule has 2 heterocycles. The fourth-order valence-electron chi connectivity index (χ4n) is 4.64. The minimum absolute atomic E-state index is 0.211. The number of hydrogen-bond donors (Lipinski definition) is 2. The molecule has 5 rings (SSSR count). The van der Waals surface area contributed by atoms with Gasteiger partial charge in [-0.3, -0.25) is 9.89 Å². The van der Waals surface area contributed by atoms with Gasteiger partial charge in [0.05, 0.1) is 17.8 Å². The summed E-state index contributed by atoms with van der Waals surface area (Å²) >= 11 is 0. The minimum atomic E-state index is -0.528. The molecule has 0 saturated carbocycles. The van der Waals surface area contributed by atoms with Crippen LogP contribution in [-0.4, -0.2) is 54.9 Å². The smallest absolute Gasteiger partial charge is 0.253 e. The van der Waals surface area contributed by atoms with Crippen molar-refractivity contribution in [3.05, 3.63) is 83.9 Å². The van der Waals surface area contributed by atoms with E-state index in [9.17, 15) is 4.79 Å². The van der Waals surface area contributed by atoms with Crippen LogP contribution in [0.4, 0.5) is 0 Å². The van der Waals surface area contributed by atoms with E-state index in [1.807, 2.05) is 66.7 Å². The molecule has 0 radical (unpaired) electrons. The third-order valence-electron chi connectivity index (χ3n) is 6.88. The van der Waals surface area contributed by atoms with E-state index < -0.39 is 6.23 Å². The number of piperidine rings is 1. The number of benzene rings is 3. The zero-order chi connectivity index (χ0) is 24.9. The molecule has 0 aliphatic carbocycles. The number of ether oxygens (including phenoxy) is 2. The van der Waals surface area contributed by atoms with Crippen molar-refractivity contribution in [2.24, 2.45) is 5.92 Å². The molecule has 1 fully saturated rings. The first kappa shape index (κ1) is 24.0. The van der Waals surface area contributed by atoms with E-state index in [0.29, 0.717) is 11.5 Å². The molecule has 1 aliphatic heterocycles. The maximum atomic E-state index is 13.0. The average Bonchev–Trinajstić information content (AvgIpc) is 3.35. The second-order valence-electron chi connectivity index (χ2n) is 9.41. The van der Waals surface area contributed by atoms with Crippen molar-refractivity contribution in [2.75, 3.05) is 33.9 Å². The van der Waals surface area contributed by atoms with Crippen LogP contribution in [0.2, 0.25) is 0 Å². The highest BCUT2D eigenvalue weighted by Crippen LogP contribution is 2.29. The maximum absolute atomic E-state index is 13.0. The summed E-state index contributed by atoms with van der Waals surface area (Å²) in [6, 6.07) is 23.2. The number of fused-ring (bicyclic) bond motifs is 1. The molecule has 0 unspecified atom stereocenters. The standard InChI is InChI=1S/C29H32N4O3/c1-33-16-14-20(15-17-33)19-36-24-11-8-21(9-12-24)27-25-18-23(10-13-26(25)31-32-27)28(34)30-29(35-2)22-6-4-3-5-7-22/h3-13,18,20,29H,14-17,19H2,1-2H3,(H,30,34)(H,31,32)/t29-/m1/s1. The van der Waals surface area contributed by atoms with Gasteiger partial charge in [-0.25, -0.2) is 0 Å². The number of carbonyl (C=O) groups excluding carboxylic acids is 1. The van der Waals surface area contributed by atoms with Crippen molar-refractivity contribution in [1.82, 2.24) is 20.4 Å². The number of likely N-dealkylation sites (tertiary alicyclic amines) is 1. The second-order valence-corrected chi connectivity index (χ2v) is 9.41. The van der Waals surface area contributed by atoms with Gasteiger partial charge >= 0.3 is 0 Å². The van der Waals surface area contributed by atoms with Crippen LogP contribution in [0.15, 0.2) is 72.8 Å². The molecule has 186 valence electrons. The SMILES string of the molecule is CO[C@@H](NC(=O)c1ccc2[nH]nc(-c3ccc(OCC4CCN(C)CC4)cc3)c2c1)c1ccccc1. The second kappa shape index (κ2) is 10.9. The number of aromatic amines is 1. The molecule has 4 aromatic rings. The third kappa shape index (κ3) is 5.42. The number of rotatable bonds is 8. The summed E-state index contributed by atoms with van der Waals surface area (Å²) in [6.07, 6.45) is 1.83. The largest absolute Gasteiger partial charge is 0.493 e. The number of nitrogens with zero attached hydrogens (tertiary/aromatic N) is 2. The Morgan fingerprint density at radius 2 is 1.83 bits per heavy atom. The fraction of sp³-hybridized carbons (Fsp3) is 0.310. The summed E-state index contributed by atoms with van der Waals surface area (Å²) in [5.41, 5.74) is 4.06. The summed E-state index contributed by atoms with van der Waals surface area (Å²) in [7, 11) is 3.75. The molecule has 3 aromatic carbocycles. The number of methoxy groups -OCH3 is 1. The van der Waals surface area contributed by atoms with Gasteiger partial charge in [0.1, 0.15) is 5.75 Å². The molecule has 36 heavy (non-hydrogen) atoms. The Labute approximate surface area is 211 Å².